The van der Waals surface area contributed by atoms with Crippen molar-refractivity contribution in [3.05, 3.63) is 86.7 Å². The minimum Gasteiger partial charge on any atom is -0.497 e. The summed E-state index contributed by atoms with van der Waals surface area (Å²) in [7, 11) is 1.63. The van der Waals surface area contributed by atoms with Crippen LogP contribution < -0.4 is 4.74 Å². The van der Waals surface area contributed by atoms with E-state index in [1.54, 1.807) is 19.2 Å². The number of hydrazone groups is 1. The Labute approximate surface area is 179 Å². The highest BCUT2D eigenvalue weighted by Crippen LogP contribution is 2.35. The van der Waals surface area contributed by atoms with E-state index in [4.69, 9.17) is 9.15 Å². The normalized spacial score (nSPS) is 16.2. The Bertz CT molecular complexity index is 1040. The van der Waals surface area contributed by atoms with Crippen molar-refractivity contribution in [1.29, 1.82) is 0 Å². The lowest BCUT2D eigenvalue weighted by atomic mass is 9.98. The number of methoxy groups -OCH3 is 1. The zero-order valence-corrected chi connectivity index (χ0v) is 18.1. The highest BCUT2D eigenvalue weighted by atomic mass is 79.9. The Balaban J connectivity index is 1.73. The van der Waals surface area contributed by atoms with E-state index in [1.165, 1.54) is 5.01 Å². The second-order valence-electron chi connectivity index (χ2n) is 6.30. The van der Waals surface area contributed by atoms with Crippen LogP contribution >= 0.6 is 31.9 Å². The first-order chi connectivity index (χ1) is 13.5. The molecule has 3 aromatic rings. The fourth-order valence-corrected chi connectivity index (χ4v) is 3.74. The fourth-order valence-electron chi connectivity index (χ4n) is 3.16. The Morgan fingerprint density at radius 3 is 2.61 bits per heavy atom. The first-order valence-electron chi connectivity index (χ1n) is 8.61. The Morgan fingerprint density at radius 1 is 1.14 bits per heavy atom. The van der Waals surface area contributed by atoms with Gasteiger partial charge in [0.1, 0.15) is 5.75 Å². The molecule has 0 unspecified atom stereocenters. The predicted molar refractivity (Wildman–Crippen MR) is 114 cm³/mol. The molecule has 0 spiro atoms. The maximum atomic E-state index is 13.1. The summed E-state index contributed by atoms with van der Waals surface area (Å²) in [5.74, 6) is 0.689. The molecule has 0 radical (unpaired) electrons. The van der Waals surface area contributed by atoms with Crippen molar-refractivity contribution in [2.24, 2.45) is 5.10 Å². The van der Waals surface area contributed by atoms with Crippen LogP contribution in [-0.4, -0.2) is 23.7 Å². The van der Waals surface area contributed by atoms with E-state index in [9.17, 15) is 4.79 Å². The van der Waals surface area contributed by atoms with Crippen LogP contribution in [0.5, 0.6) is 5.75 Å². The number of ether oxygens (including phenoxy) is 1. The molecule has 28 heavy (non-hydrogen) atoms. The van der Waals surface area contributed by atoms with Gasteiger partial charge >= 0.3 is 5.91 Å². The van der Waals surface area contributed by atoms with Crippen molar-refractivity contribution in [3.8, 4) is 5.75 Å². The molecule has 2 aromatic carbocycles. The van der Waals surface area contributed by atoms with Gasteiger partial charge in [-0.05, 0) is 63.5 Å². The Kier molecular flexibility index (Phi) is 5.37. The fraction of sp³-hybridized carbons (Fsp3) is 0.143. The van der Waals surface area contributed by atoms with Crippen LogP contribution in [0.3, 0.4) is 0 Å². The molecule has 1 aliphatic rings. The van der Waals surface area contributed by atoms with Gasteiger partial charge in [0, 0.05) is 10.9 Å². The van der Waals surface area contributed by atoms with Crippen LogP contribution in [0.1, 0.15) is 34.1 Å². The number of hydrogen-bond donors (Lipinski definition) is 0. The third kappa shape index (κ3) is 3.77. The first-order valence-corrected chi connectivity index (χ1v) is 10.2. The van der Waals surface area contributed by atoms with Crippen molar-refractivity contribution in [2.45, 2.75) is 12.5 Å². The number of rotatable bonds is 4. The highest BCUT2D eigenvalue weighted by Gasteiger charge is 2.35. The maximum absolute atomic E-state index is 13.1. The lowest BCUT2D eigenvalue weighted by Crippen LogP contribution is -2.26. The largest absolute Gasteiger partial charge is 0.497 e. The van der Waals surface area contributed by atoms with Gasteiger partial charge in [-0.1, -0.05) is 40.2 Å². The second kappa shape index (κ2) is 7.93. The third-order valence-corrected chi connectivity index (χ3v) is 5.51. The van der Waals surface area contributed by atoms with Crippen LogP contribution in [0.4, 0.5) is 0 Å². The van der Waals surface area contributed by atoms with Crippen molar-refractivity contribution in [2.75, 3.05) is 7.11 Å². The summed E-state index contributed by atoms with van der Waals surface area (Å²) in [6.07, 6.45) is 0.600. The molecule has 0 N–H and O–H groups in total. The summed E-state index contributed by atoms with van der Waals surface area (Å²) in [5, 5.41) is 6.15. The Morgan fingerprint density at radius 2 is 1.93 bits per heavy atom. The summed E-state index contributed by atoms with van der Waals surface area (Å²) in [5.41, 5.74) is 2.78. The monoisotopic (exact) mass is 502 g/mol. The van der Waals surface area contributed by atoms with Gasteiger partial charge in [0.15, 0.2) is 10.4 Å². The third-order valence-electron chi connectivity index (χ3n) is 4.56. The molecular formula is C21H16Br2N2O3. The molecular weight excluding hydrogens is 488 g/mol. The number of amides is 1. The van der Waals surface area contributed by atoms with Gasteiger partial charge in [-0.3, -0.25) is 4.79 Å². The van der Waals surface area contributed by atoms with Crippen LogP contribution in [-0.2, 0) is 0 Å². The number of nitrogens with zero attached hydrogens (tertiary/aromatic N) is 2. The quantitative estimate of drug-likeness (QED) is 0.451. The number of carbonyl (C=O) groups is 1. The van der Waals surface area contributed by atoms with E-state index in [-0.39, 0.29) is 17.7 Å². The van der Waals surface area contributed by atoms with Crippen molar-refractivity contribution >= 4 is 43.5 Å². The van der Waals surface area contributed by atoms with E-state index in [0.717, 1.165) is 27.1 Å². The molecule has 2 heterocycles. The molecule has 1 amide bonds. The van der Waals surface area contributed by atoms with Crippen LogP contribution in [0.25, 0.3) is 0 Å². The van der Waals surface area contributed by atoms with E-state index in [0.29, 0.717) is 11.1 Å². The number of benzene rings is 2. The topological polar surface area (TPSA) is 55.0 Å². The number of hydrogen-bond acceptors (Lipinski definition) is 4. The van der Waals surface area contributed by atoms with Crippen LogP contribution in [0.15, 0.2) is 79.3 Å². The summed E-state index contributed by atoms with van der Waals surface area (Å²) < 4.78 is 12.3. The molecule has 1 aliphatic heterocycles. The van der Waals surface area contributed by atoms with Gasteiger partial charge < -0.3 is 9.15 Å². The van der Waals surface area contributed by atoms with E-state index in [1.807, 2.05) is 48.5 Å². The molecule has 0 saturated heterocycles. The smallest absolute Gasteiger partial charge is 0.310 e. The predicted octanol–water partition coefficient (Wildman–Crippen LogP) is 5.80. The minimum absolute atomic E-state index is 0.237. The van der Waals surface area contributed by atoms with E-state index in [2.05, 4.69) is 37.0 Å². The zero-order chi connectivity index (χ0) is 19.7. The average Bonchev–Trinajstić information content (AvgIpc) is 3.35. The van der Waals surface area contributed by atoms with Crippen molar-refractivity contribution in [3.63, 3.8) is 0 Å². The minimum atomic E-state index is -0.286. The molecule has 1 atom stereocenters. The Hall–Kier alpha value is -2.38. The number of furan rings is 1. The molecule has 7 heteroatoms. The highest BCUT2D eigenvalue weighted by molar-refractivity contribution is 9.10. The molecule has 0 saturated carbocycles. The molecule has 0 bridgehead atoms. The first kappa shape index (κ1) is 19.0. The SMILES string of the molecule is COc1cccc([C@H]2CC(c3ccc(Br)cc3)=NN2C(=O)c2ccc(Br)o2)c1. The molecule has 0 fully saturated rings. The average molecular weight is 504 g/mol. The maximum Gasteiger partial charge on any atom is 0.310 e. The molecule has 5 nitrogen and oxygen atoms in total. The lowest BCUT2D eigenvalue weighted by molar-refractivity contribution is 0.0677. The molecule has 4 rings (SSSR count). The van der Waals surface area contributed by atoms with Gasteiger partial charge in [-0.25, -0.2) is 5.01 Å². The summed E-state index contributed by atoms with van der Waals surface area (Å²) in [4.78, 5) is 13.1. The number of carbonyl (C=O) groups excluding carboxylic acids is 1. The zero-order valence-electron chi connectivity index (χ0n) is 14.9. The lowest BCUT2D eigenvalue weighted by Gasteiger charge is -2.21. The summed E-state index contributed by atoms with van der Waals surface area (Å²) in [6.45, 7) is 0. The number of halogens is 2. The molecule has 0 aliphatic carbocycles. The van der Waals surface area contributed by atoms with E-state index < -0.39 is 0 Å². The van der Waals surface area contributed by atoms with E-state index >= 15 is 0 Å². The van der Waals surface area contributed by atoms with Gasteiger partial charge in [0.05, 0.1) is 18.9 Å². The van der Waals surface area contributed by atoms with Crippen LogP contribution in [0.2, 0.25) is 0 Å². The summed E-state index contributed by atoms with van der Waals surface area (Å²) >= 11 is 6.70. The van der Waals surface area contributed by atoms with Gasteiger partial charge in [-0.15, -0.1) is 0 Å². The van der Waals surface area contributed by atoms with Crippen molar-refractivity contribution < 1.29 is 13.9 Å². The van der Waals surface area contributed by atoms with Crippen molar-refractivity contribution in [1.82, 2.24) is 5.01 Å². The van der Waals surface area contributed by atoms with Gasteiger partial charge in [-0.2, -0.15) is 5.10 Å². The second-order valence-corrected chi connectivity index (χ2v) is 8.00. The van der Waals surface area contributed by atoms with Crippen LogP contribution in [0, 0.1) is 0 Å². The summed E-state index contributed by atoms with van der Waals surface area (Å²) in [6, 6.07) is 18.7. The van der Waals surface area contributed by atoms with Gasteiger partial charge in [0.2, 0.25) is 0 Å². The molecule has 1 aromatic heterocycles. The molecule has 142 valence electrons. The van der Waals surface area contributed by atoms with Gasteiger partial charge in [0.25, 0.3) is 0 Å². The standard InChI is InChI=1S/C21H16Br2N2O3/c1-27-16-4-2-3-14(11-16)18-12-17(13-5-7-15(22)8-6-13)24-25(18)21(26)19-9-10-20(23)28-19/h2-11,18H,12H2,1H3/t18-/m1/s1.